The maximum Gasteiger partial charge on any atom is 0.336 e. The highest BCUT2D eigenvalue weighted by Gasteiger charge is 2.08. The number of nitrogens with zero attached hydrogens (tertiary/aromatic N) is 1. The van der Waals surface area contributed by atoms with Crippen LogP contribution in [0.1, 0.15) is 12.5 Å². The molecule has 1 rings (SSSR count). The highest BCUT2D eigenvalue weighted by atomic mass is 16.5. The van der Waals surface area contributed by atoms with Gasteiger partial charge in [0.25, 0.3) is 5.70 Å². The van der Waals surface area contributed by atoms with Crippen LogP contribution in [0.25, 0.3) is 10.9 Å². The summed E-state index contributed by atoms with van der Waals surface area (Å²) in [5.74, 6) is -0.432. The average molecular weight is 243 g/mol. The van der Waals surface area contributed by atoms with Crippen molar-refractivity contribution < 1.29 is 14.6 Å². The first-order chi connectivity index (χ1) is 8.67. The van der Waals surface area contributed by atoms with E-state index >= 15 is 0 Å². The lowest BCUT2D eigenvalue weighted by Gasteiger charge is -1.97. The van der Waals surface area contributed by atoms with E-state index in [9.17, 15) is 4.79 Å². The quantitative estimate of drug-likeness (QED) is 0.383. The number of carbonyl (C=O) groups excluding carboxylic acids is 1. The minimum absolute atomic E-state index is 0.0631. The lowest BCUT2D eigenvalue weighted by molar-refractivity contribution is -0.138. The molecule has 0 fully saturated rings. The number of hydrogen-bond donors (Lipinski definition) is 1. The lowest BCUT2D eigenvalue weighted by atomic mass is 10.2. The molecule has 18 heavy (non-hydrogen) atoms. The first-order valence-electron chi connectivity index (χ1n) is 5.39. The van der Waals surface area contributed by atoms with Gasteiger partial charge in [-0.15, -0.1) is 0 Å². The van der Waals surface area contributed by atoms with E-state index in [1.54, 1.807) is 43.3 Å². The molecular weight excluding hydrogens is 230 g/mol. The Kier molecular flexibility index (Phi) is 5.20. The van der Waals surface area contributed by atoms with Crippen LogP contribution in [0.4, 0.5) is 0 Å². The Morgan fingerprint density at radius 3 is 2.67 bits per heavy atom. The predicted octanol–water partition coefficient (Wildman–Crippen LogP) is 2.77. The summed E-state index contributed by atoms with van der Waals surface area (Å²) in [6, 6.07) is 6.57. The monoisotopic (exact) mass is 243 g/mol. The molecule has 0 unspecified atom stereocenters. The number of phenolic OH excluding ortho intramolecular Hbond substituents is 1. The Morgan fingerprint density at radius 2 is 2.11 bits per heavy atom. The molecule has 0 atom stereocenters. The maximum absolute atomic E-state index is 11.3. The first-order valence-corrected chi connectivity index (χ1v) is 5.39. The fourth-order valence-electron chi connectivity index (χ4n) is 1.19. The van der Waals surface area contributed by atoms with E-state index in [0.29, 0.717) is 0 Å². The minimum atomic E-state index is -0.622. The Bertz CT molecular complexity index is 507. The number of allylic oxidation sites excluding steroid dienone is 2. The van der Waals surface area contributed by atoms with Crippen LogP contribution in [0.2, 0.25) is 0 Å². The summed E-state index contributed by atoms with van der Waals surface area (Å²) in [5, 5.41) is 9.10. The number of phenols is 1. The van der Waals surface area contributed by atoms with Crippen molar-refractivity contribution in [3.8, 4) is 5.75 Å². The second kappa shape index (κ2) is 6.92. The Labute approximate surface area is 106 Å². The van der Waals surface area contributed by atoms with Gasteiger partial charge in [0.1, 0.15) is 5.75 Å². The maximum atomic E-state index is 11.3. The Balaban J connectivity index is 2.75. The van der Waals surface area contributed by atoms with Gasteiger partial charge in [-0.25, -0.2) is 4.85 Å². The molecule has 0 aliphatic carbocycles. The van der Waals surface area contributed by atoms with Gasteiger partial charge in [-0.3, -0.25) is 4.79 Å². The number of benzene rings is 1. The molecule has 0 aliphatic heterocycles. The highest BCUT2D eigenvalue weighted by molar-refractivity contribution is 5.90. The van der Waals surface area contributed by atoms with Crippen LogP contribution in [0.5, 0.6) is 5.75 Å². The van der Waals surface area contributed by atoms with Crippen molar-refractivity contribution in [1.29, 1.82) is 0 Å². The van der Waals surface area contributed by atoms with Crippen LogP contribution in [0, 0.1) is 6.57 Å². The molecule has 0 radical (unpaired) electrons. The van der Waals surface area contributed by atoms with Crippen molar-refractivity contribution >= 4 is 12.0 Å². The van der Waals surface area contributed by atoms with Gasteiger partial charge in [-0.05, 0) is 30.7 Å². The molecule has 0 amide bonds. The molecule has 1 aromatic carbocycles. The smallest absolute Gasteiger partial charge is 0.336 e. The third kappa shape index (κ3) is 4.14. The summed E-state index contributed by atoms with van der Waals surface area (Å²) >= 11 is 0. The highest BCUT2D eigenvalue weighted by Crippen LogP contribution is 2.11. The molecule has 1 aromatic rings. The van der Waals surface area contributed by atoms with Crippen molar-refractivity contribution in [2.75, 3.05) is 6.61 Å². The van der Waals surface area contributed by atoms with Crippen molar-refractivity contribution in [1.82, 2.24) is 0 Å². The van der Waals surface area contributed by atoms with Crippen LogP contribution in [-0.4, -0.2) is 17.7 Å². The zero-order chi connectivity index (χ0) is 13.4. The molecule has 0 bridgehead atoms. The summed E-state index contributed by atoms with van der Waals surface area (Å²) in [6.45, 7) is 8.80. The lowest BCUT2D eigenvalue weighted by Crippen LogP contribution is -2.04. The molecule has 4 nitrogen and oxygen atoms in total. The standard InChI is InChI=1S/C14H13NO3/c1-3-18-14(17)13(15-2)6-4-5-11-7-9-12(16)10-8-11/h4-10,16H,3H2,1H3. The number of esters is 1. The molecule has 0 heterocycles. The second-order valence-electron chi connectivity index (χ2n) is 3.33. The fourth-order valence-corrected chi connectivity index (χ4v) is 1.19. The SMILES string of the molecule is [C-]#[N+]C(=CC=Cc1ccc(O)cc1)C(=O)OCC. The molecule has 0 aromatic heterocycles. The summed E-state index contributed by atoms with van der Waals surface area (Å²) in [5.41, 5.74) is 0.795. The van der Waals surface area contributed by atoms with Gasteiger partial charge >= 0.3 is 5.97 Å². The van der Waals surface area contributed by atoms with Crippen molar-refractivity contribution in [3.05, 3.63) is 59.1 Å². The topological polar surface area (TPSA) is 50.9 Å². The molecule has 4 heteroatoms. The van der Waals surface area contributed by atoms with Crippen LogP contribution in [-0.2, 0) is 9.53 Å². The van der Waals surface area contributed by atoms with Crippen LogP contribution >= 0.6 is 0 Å². The van der Waals surface area contributed by atoms with E-state index in [1.807, 2.05) is 0 Å². The normalized spacial score (nSPS) is 11.2. The van der Waals surface area contributed by atoms with E-state index < -0.39 is 5.97 Å². The summed E-state index contributed by atoms with van der Waals surface area (Å²) in [7, 11) is 0. The molecule has 0 spiro atoms. The third-order valence-corrected chi connectivity index (χ3v) is 2.04. The van der Waals surface area contributed by atoms with Gasteiger partial charge in [0.2, 0.25) is 0 Å². The van der Waals surface area contributed by atoms with Gasteiger partial charge < -0.3 is 9.84 Å². The third-order valence-electron chi connectivity index (χ3n) is 2.04. The van der Waals surface area contributed by atoms with Gasteiger partial charge in [0.15, 0.2) is 0 Å². The number of rotatable bonds is 4. The van der Waals surface area contributed by atoms with E-state index in [0.717, 1.165) is 5.56 Å². The van der Waals surface area contributed by atoms with E-state index in [-0.39, 0.29) is 18.1 Å². The molecule has 0 saturated heterocycles. The molecule has 92 valence electrons. The van der Waals surface area contributed by atoms with E-state index in [2.05, 4.69) is 4.85 Å². The zero-order valence-electron chi connectivity index (χ0n) is 9.96. The number of hydrogen-bond acceptors (Lipinski definition) is 3. The van der Waals surface area contributed by atoms with Gasteiger partial charge in [-0.1, -0.05) is 24.3 Å². The zero-order valence-corrected chi connectivity index (χ0v) is 9.96. The average Bonchev–Trinajstić information content (AvgIpc) is 2.37. The molecule has 0 aliphatic rings. The predicted molar refractivity (Wildman–Crippen MR) is 68.5 cm³/mol. The fraction of sp³-hybridized carbons (Fsp3) is 0.143. The van der Waals surface area contributed by atoms with Crippen LogP contribution in [0.3, 0.4) is 0 Å². The molecule has 1 N–H and O–H groups in total. The molecule has 0 saturated carbocycles. The van der Waals surface area contributed by atoms with E-state index in [1.165, 1.54) is 6.08 Å². The summed E-state index contributed by atoms with van der Waals surface area (Å²) in [6.07, 6.45) is 4.72. The van der Waals surface area contributed by atoms with Crippen LogP contribution in [0.15, 0.2) is 42.1 Å². The van der Waals surface area contributed by atoms with Crippen molar-refractivity contribution in [2.24, 2.45) is 0 Å². The minimum Gasteiger partial charge on any atom is -0.508 e. The van der Waals surface area contributed by atoms with Crippen molar-refractivity contribution in [3.63, 3.8) is 0 Å². The number of carbonyl (C=O) groups is 1. The second-order valence-corrected chi connectivity index (χ2v) is 3.33. The Morgan fingerprint density at radius 1 is 1.44 bits per heavy atom. The van der Waals surface area contributed by atoms with Gasteiger partial charge in [0.05, 0.1) is 13.2 Å². The number of ether oxygens (including phenoxy) is 1. The molecular formula is C14H13NO3. The van der Waals surface area contributed by atoms with Gasteiger partial charge in [-0.2, -0.15) is 0 Å². The summed E-state index contributed by atoms with van der Waals surface area (Å²) in [4.78, 5) is 14.4. The first kappa shape index (κ1) is 13.5. The summed E-state index contributed by atoms with van der Waals surface area (Å²) < 4.78 is 4.73. The van der Waals surface area contributed by atoms with E-state index in [4.69, 9.17) is 16.4 Å². The number of aromatic hydroxyl groups is 1. The van der Waals surface area contributed by atoms with Crippen LogP contribution < -0.4 is 0 Å². The Hall–Kier alpha value is -2.54. The largest absolute Gasteiger partial charge is 0.508 e. The van der Waals surface area contributed by atoms with Crippen molar-refractivity contribution in [2.45, 2.75) is 6.92 Å². The van der Waals surface area contributed by atoms with Gasteiger partial charge in [0, 0.05) is 0 Å².